The molecule has 1 N–H and O–H groups in total. The summed E-state index contributed by atoms with van der Waals surface area (Å²) in [5.74, 6) is -0.528. The fraction of sp³-hybridized carbons (Fsp3) is 0.0435. The van der Waals surface area contributed by atoms with Crippen LogP contribution in [0.4, 0.5) is 5.69 Å². The number of hydrogen-bond donors (Lipinski definition) is 1. The quantitative estimate of drug-likeness (QED) is 0.290. The third-order valence-corrected chi connectivity index (χ3v) is 5.76. The average Bonchev–Trinajstić information content (AvgIpc) is 3.28. The lowest BCUT2D eigenvalue weighted by atomic mass is 10.1. The number of amides is 1. The van der Waals surface area contributed by atoms with Crippen LogP contribution >= 0.6 is 22.9 Å². The van der Waals surface area contributed by atoms with Crippen LogP contribution in [0.15, 0.2) is 78.2 Å². The first-order chi connectivity index (χ1) is 15.0. The Balaban J connectivity index is 1.43. The number of thiazole rings is 1. The third kappa shape index (κ3) is 4.79. The Morgan fingerprint density at radius 1 is 1.03 bits per heavy atom. The summed E-state index contributed by atoms with van der Waals surface area (Å²) in [7, 11) is 0. The van der Waals surface area contributed by atoms with Gasteiger partial charge in [0.15, 0.2) is 0 Å². The van der Waals surface area contributed by atoms with Gasteiger partial charge in [-0.3, -0.25) is 14.9 Å². The fourth-order valence-electron chi connectivity index (χ4n) is 3.04. The highest BCUT2D eigenvalue weighted by atomic mass is 35.5. The van der Waals surface area contributed by atoms with E-state index in [2.05, 4.69) is 5.32 Å². The molecule has 1 heterocycles. The number of hydrogen-bond acceptors (Lipinski definition) is 5. The van der Waals surface area contributed by atoms with E-state index in [-0.39, 0.29) is 22.8 Å². The predicted octanol–water partition coefficient (Wildman–Crippen LogP) is 5.97. The van der Waals surface area contributed by atoms with Gasteiger partial charge in [0.05, 0.1) is 10.6 Å². The van der Waals surface area contributed by atoms with Crippen LogP contribution in [0.2, 0.25) is 5.02 Å². The third-order valence-electron chi connectivity index (χ3n) is 4.63. The number of rotatable bonds is 6. The van der Waals surface area contributed by atoms with E-state index in [9.17, 15) is 14.9 Å². The number of benzene rings is 3. The van der Waals surface area contributed by atoms with Gasteiger partial charge in [0, 0.05) is 34.1 Å². The van der Waals surface area contributed by atoms with E-state index in [1.54, 1.807) is 11.3 Å². The van der Waals surface area contributed by atoms with Crippen molar-refractivity contribution in [3.05, 3.63) is 104 Å². The fourth-order valence-corrected chi connectivity index (χ4v) is 4.04. The highest BCUT2D eigenvalue weighted by Crippen LogP contribution is 2.29. The number of aromatic nitrogens is 1. The number of nitro benzene ring substituents is 1. The molecule has 0 radical (unpaired) electrons. The zero-order valence-corrected chi connectivity index (χ0v) is 17.7. The standard InChI is InChI=1S/C23H16ClN3O3S/c24-18-10-11-19(21(12-18)27(29)30)22(28)25-13-15-6-8-17(9-7-15)23-26-20(14-31-23)16-4-2-1-3-5-16/h1-12,14H,13H2,(H,25,28). The van der Waals surface area contributed by atoms with E-state index in [0.29, 0.717) is 0 Å². The second-order valence-electron chi connectivity index (χ2n) is 6.70. The van der Waals surface area contributed by atoms with Gasteiger partial charge in [-0.1, -0.05) is 66.2 Å². The van der Waals surface area contributed by atoms with Crippen LogP contribution in [0.3, 0.4) is 0 Å². The van der Waals surface area contributed by atoms with E-state index in [1.807, 2.05) is 60.0 Å². The van der Waals surface area contributed by atoms with Crippen LogP contribution in [0.1, 0.15) is 15.9 Å². The molecule has 0 atom stereocenters. The van der Waals surface area contributed by atoms with Crippen molar-refractivity contribution in [3.63, 3.8) is 0 Å². The van der Waals surface area contributed by atoms with Crippen LogP contribution in [-0.2, 0) is 6.54 Å². The van der Waals surface area contributed by atoms with Crippen LogP contribution in [0.5, 0.6) is 0 Å². The maximum absolute atomic E-state index is 12.4. The van der Waals surface area contributed by atoms with Crippen molar-refractivity contribution in [2.45, 2.75) is 6.54 Å². The second-order valence-corrected chi connectivity index (χ2v) is 8.00. The number of carbonyl (C=O) groups is 1. The first-order valence-electron chi connectivity index (χ1n) is 9.33. The molecule has 4 rings (SSSR count). The molecule has 0 saturated heterocycles. The van der Waals surface area contributed by atoms with Crippen LogP contribution < -0.4 is 5.32 Å². The van der Waals surface area contributed by atoms with Gasteiger partial charge >= 0.3 is 0 Å². The van der Waals surface area contributed by atoms with Gasteiger partial charge in [-0.15, -0.1) is 11.3 Å². The molecule has 1 amide bonds. The van der Waals surface area contributed by atoms with Gasteiger partial charge in [0.1, 0.15) is 10.6 Å². The normalized spacial score (nSPS) is 10.6. The van der Waals surface area contributed by atoms with E-state index < -0.39 is 10.8 Å². The maximum atomic E-state index is 12.4. The molecule has 6 nitrogen and oxygen atoms in total. The van der Waals surface area contributed by atoms with Crippen molar-refractivity contribution < 1.29 is 9.72 Å². The Morgan fingerprint density at radius 3 is 2.48 bits per heavy atom. The molecule has 0 aliphatic heterocycles. The minimum Gasteiger partial charge on any atom is -0.348 e. The topological polar surface area (TPSA) is 85.1 Å². The number of nitro groups is 1. The van der Waals surface area contributed by atoms with Crippen LogP contribution in [-0.4, -0.2) is 15.8 Å². The smallest absolute Gasteiger partial charge is 0.283 e. The highest BCUT2D eigenvalue weighted by molar-refractivity contribution is 7.13. The molecule has 0 fully saturated rings. The van der Waals surface area contributed by atoms with Gasteiger partial charge in [-0.05, 0) is 17.7 Å². The van der Waals surface area contributed by atoms with Crippen molar-refractivity contribution in [2.24, 2.45) is 0 Å². The summed E-state index contributed by atoms with van der Waals surface area (Å²) < 4.78 is 0. The first kappa shape index (κ1) is 20.7. The molecule has 0 aliphatic carbocycles. The van der Waals surface area contributed by atoms with Crippen molar-refractivity contribution >= 4 is 34.5 Å². The summed E-state index contributed by atoms with van der Waals surface area (Å²) >= 11 is 7.37. The second kappa shape index (κ2) is 9.07. The predicted molar refractivity (Wildman–Crippen MR) is 122 cm³/mol. The summed E-state index contributed by atoms with van der Waals surface area (Å²) in [5, 5.41) is 17.0. The summed E-state index contributed by atoms with van der Waals surface area (Å²) in [5.41, 5.74) is 3.51. The van der Waals surface area contributed by atoms with Crippen LogP contribution in [0.25, 0.3) is 21.8 Å². The summed E-state index contributed by atoms with van der Waals surface area (Å²) in [6.45, 7) is 0.242. The van der Waals surface area contributed by atoms with E-state index in [1.165, 1.54) is 18.2 Å². The number of halogens is 1. The van der Waals surface area contributed by atoms with Crippen molar-refractivity contribution in [3.8, 4) is 21.8 Å². The molecule has 0 bridgehead atoms. The first-order valence-corrected chi connectivity index (χ1v) is 10.6. The summed E-state index contributed by atoms with van der Waals surface area (Å²) in [6, 6.07) is 21.6. The molecular formula is C23H16ClN3O3S. The molecule has 154 valence electrons. The van der Waals surface area contributed by atoms with Gasteiger partial charge in [0.2, 0.25) is 0 Å². The number of nitrogens with one attached hydrogen (secondary N) is 1. The zero-order valence-electron chi connectivity index (χ0n) is 16.1. The minimum atomic E-state index is -0.618. The van der Waals surface area contributed by atoms with Gasteiger partial charge in [-0.2, -0.15) is 0 Å². The molecule has 0 unspecified atom stereocenters. The molecule has 0 aliphatic rings. The largest absolute Gasteiger partial charge is 0.348 e. The maximum Gasteiger partial charge on any atom is 0.283 e. The van der Waals surface area contributed by atoms with E-state index in [0.717, 1.165) is 27.4 Å². The Kier molecular flexibility index (Phi) is 6.06. The molecular weight excluding hydrogens is 434 g/mol. The lowest BCUT2D eigenvalue weighted by Crippen LogP contribution is -2.23. The minimum absolute atomic E-state index is 0.0257. The van der Waals surface area contributed by atoms with E-state index >= 15 is 0 Å². The van der Waals surface area contributed by atoms with Crippen LogP contribution in [0, 0.1) is 10.1 Å². The molecule has 1 aromatic heterocycles. The zero-order chi connectivity index (χ0) is 21.8. The van der Waals surface area contributed by atoms with Crippen molar-refractivity contribution in [1.82, 2.24) is 10.3 Å². The molecule has 31 heavy (non-hydrogen) atoms. The van der Waals surface area contributed by atoms with Gasteiger partial charge < -0.3 is 5.32 Å². The average molecular weight is 450 g/mol. The monoisotopic (exact) mass is 449 g/mol. The van der Waals surface area contributed by atoms with Crippen molar-refractivity contribution in [2.75, 3.05) is 0 Å². The molecule has 0 spiro atoms. The Bertz CT molecular complexity index is 1240. The summed E-state index contributed by atoms with van der Waals surface area (Å²) in [4.78, 5) is 27.7. The SMILES string of the molecule is O=C(NCc1ccc(-c2nc(-c3ccccc3)cs2)cc1)c1ccc(Cl)cc1[N+](=O)[O-]. The molecule has 8 heteroatoms. The highest BCUT2D eigenvalue weighted by Gasteiger charge is 2.20. The van der Waals surface area contributed by atoms with Gasteiger partial charge in [-0.25, -0.2) is 4.98 Å². The molecule has 0 saturated carbocycles. The molecule has 3 aromatic carbocycles. The Hall–Kier alpha value is -3.55. The number of nitrogens with zero attached hydrogens (tertiary/aromatic N) is 2. The lowest BCUT2D eigenvalue weighted by Gasteiger charge is -2.07. The van der Waals surface area contributed by atoms with Gasteiger partial charge in [0.25, 0.3) is 11.6 Å². The molecule has 4 aromatic rings. The Morgan fingerprint density at radius 2 is 1.77 bits per heavy atom. The van der Waals surface area contributed by atoms with Crippen molar-refractivity contribution in [1.29, 1.82) is 0 Å². The van der Waals surface area contributed by atoms with E-state index in [4.69, 9.17) is 16.6 Å². The lowest BCUT2D eigenvalue weighted by molar-refractivity contribution is -0.385. The summed E-state index contributed by atoms with van der Waals surface area (Å²) in [6.07, 6.45) is 0. The Labute approximate surface area is 187 Å². The number of carbonyl (C=O) groups excluding carboxylic acids is 1.